The number of hydrogen-bond donors (Lipinski definition) is 2. The smallest absolute Gasteiger partial charge is 0.172 e. The Kier molecular flexibility index (Phi) is 4.18. The number of benzene rings is 1. The van der Waals surface area contributed by atoms with E-state index in [1.54, 1.807) is 7.11 Å². The zero-order valence-corrected chi connectivity index (χ0v) is 12.4. The molecule has 0 aliphatic carbocycles. The van der Waals surface area contributed by atoms with E-state index in [2.05, 4.69) is 23.0 Å². The third-order valence-corrected chi connectivity index (χ3v) is 4.03. The maximum Gasteiger partial charge on any atom is 0.172 e. The number of anilines is 1. The molecule has 1 atom stereocenters. The molecule has 0 saturated carbocycles. The average molecular weight is 277 g/mol. The summed E-state index contributed by atoms with van der Waals surface area (Å²) in [5, 5.41) is 12.1. The van der Waals surface area contributed by atoms with Crippen molar-refractivity contribution in [2.75, 3.05) is 25.1 Å². The summed E-state index contributed by atoms with van der Waals surface area (Å²) >= 11 is 0. The van der Waals surface area contributed by atoms with Crippen molar-refractivity contribution in [3.63, 3.8) is 0 Å². The van der Waals surface area contributed by atoms with Crippen molar-refractivity contribution in [1.82, 2.24) is 0 Å². The fourth-order valence-corrected chi connectivity index (χ4v) is 2.75. The van der Waals surface area contributed by atoms with Gasteiger partial charge in [0.25, 0.3) is 0 Å². The highest BCUT2D eigenvalue weighted by molar-refractivity contribution is 6.02. The summed E-state index contributed by atoms with van der Waals surface area (Å²) in [6, 6.07) is 5.95. The first-order valence-corrected chi connectivity index (χ1v) is 6.88. The van der Waals surface area contributed by atoms with Gasteiger partial charge < -0.3 is 20.6 Å². The average Bonchev–Trinajstić information content (AvgIpc) is 2.46. The molecule has 5 nitrogen and oxygen atoms in total. The molecule has 1 heterocycles. The molecule has 0 radical (unpaired) electrons. The highest BCUT2D eigenvalue weighted by Gasteiger charge is 2.31. The lowest BCUT2D eigenvalue weighted by molar-refractivity contribution is -0.00466. The number of piperidine rings is 1. The van der Waals surface area contributed by atoms with Gasteiger partial charge in [0.15, 0.2) is 5.84 Å². The van der Waals surface area contributed by atoms with Crippen LogP contribution in [0, 0.1) is 6.92 Å². The van der Waals surface area contributed by atoms with E-state index < -0.39 is 0 Å². The quantitative estimate of drug-likeness (QED) is 0.384. The normalized spacial score (nSPS) is 23.9. The van der Waals surface area contributed by atoms with Crippen LogP contribution < -0.4 is 10.6 Å². The van der Waals surface area contributed by atoms with Gasteiger partial charge in [0.2, 0.25) is 0 Å². The molecule has 1 unspecified atom stereocenters. The minimum Gasteiger partial charge on any atom is -0.409 e. The standard InChI is InChI=1S/C15H23N3O2/c1-11-5-6-12(14(16)17-19)13(9-11)18-8-4-7-15(2,10-18)20-3/h5-6,9,19H,4,7-8,10H2,1-3H3,(H2,16,17). The highest BCUT2D eigenvalue weighted by atomic mass is 16.5. The third kappa shape index (κ3) is 2.88. The van der Waals surface area contributed by atoms with Crippen molar-refractivity contribution in [1.29, 1.82) is 0 Å². The SMILES string of the molecule is COC1(C)CCCN(c2cc(C)ccc2/C(N)=N/O)C1. The Morgan fingerprint density at radius 3 is 2.90 bits per heavy atom. The Labute approximate surface area is 120 Å². The van der Waals surface area contributed by atoms with E-state index >= 15 is 0 Å². The van der Waals surface area contributed by atoms with Gasteiger partial charge in [0.1, 0.15) is 0 Å². The zero-order valence-electron chi connectivity index (χ0n) is 12.4. The molecule has 3 N–H and O–H groups in total. The number of aryl methyl sites for hydroxylation is 1. The second-order valence-corrected chi connectivity index (χ2v) is 5.68. The number of methoxy groups -OCH3 is 1. The van der Waals surface area contributed by atoms with Crippen LogP contribution in [0.4, 0.5) is 5.69 Å². The molecule has 1 aromatic rings. The zero-order chi connectivity index (χ0) is 14.8. The molecule has 1 fully saturated rings. The molecular formula is C15H23N3O2. The van der Waals surface area contributed by atoms with E-state index in [9.17, 15) is 0 Å². The largest absolute Gasteiger partial charge is 0.409 e. The Morgan fingerprint density at radius 2 is 2.25 bits per heavy atom. The summed E-state index contributed by atoms with van der Waals surface area (Å²) in [5.74, 6) is 0.143. The molecule has 0 amide bonds. The molecule has 1 aliphatic heterocycles. The predicted octanol–water partition coefficient (Wildman–Crippen LogP) is 2.09. The van der Waals surface area contributed by atoms with Crippen LogP contribution in [0.1, 0.15) is 30.9 Å². The molecule has 0 aromatic heterocycles. The molecule has 2 rings (SSSR count). The molecule has 1 saturated heterocycles. The summed E-state index contributed by atoms with van der Waals surface area (Å²) in [7, 11) is 1.75. The van der Waals surface area contributed by atoms with E-state index in [4.69, 9.17) is 15.7 Å². The van der Waals surface area contributed by atoms with Crippen LogP contribution in [-0.4, -0.2) is 36.8 Å². The maximum atomic E-state index is 8.95. The number of ether oxygens (including phenoxy) is 1. The Hall–Kier alpha value is -1.75. The van der Waals surface area contributed by atoms with Gasteiger partial charge in [0, 0.05) is 31.5 Å². The highest BCUT2D eigenvalue weighted by Crippen LogP contribution is 2.30. The molecule has 20 heavy (non-hydrogen) atoms. The lowest BCUT2D eigenvalue weighted by Gasteiger charge is -2.41. The molecule has 0 bridgehead atoms. The lowest BCUT2D eigenvalue weighted by atomic mass is 9.93. The predicted molar refractivity (Wildman–Crippen MR) is 80.6 cm³/mol. The maximum absolute atomic E-state index is 8.95. The Morgan fingerprint density at radius 1 is 1.50 bits per heavy atom. The minimum absolute atomic E-state index is 0.143. The van der Waals surface area contributed by atoms with Crippen LogP contribution in [0.25, 0.3) is 0 Å². The van der Waals surface area contributed by atoms with Crippen molar-refractivity contribution in [3.05, 3.63) is 29.3 Å². The topological polar surface area (TPSA) is 71.1 Å². The second-order valence-electron chi connectivity index (χ2n) is 5.68. The number of hydrogen-bond acceptors (Lipinski definition) is 4. The van der Waals surface area contributed by atoms with E-state index in [0.29, 0.717) is 0 Å². The monoisotopic (exact) mass is 277 g/mol. The van der Waals surface area contributed by atoms with E-state index in [0.717, 1.165) is 42.7 Å². The summed E-state index contributed by atoms with van der Waals surface area (Å²) in [6.07, 6.45) is 2.11. The fraction of sp³-hybridized carbons (Fsp3) is 0.533. The number of amidine groups is 1. The summed E-state index contributed by atoms with van der Waals surface area (Å²) in [6.45, 7) is 5.92. The number of rotatable bonds is 3. The fourth-order valence-electron chi connectivity index (χ4n) is 2.75. The van der Waals surface area contributed by atoms with Gasteiger partial charge in [-0.1, -0.05) is 11.2 Å². The van der Waals surface area contributed by atoms with Crippen LogP contribution in [0.15, 0.2) is 23.4 Å². The number of nitrogens with two attached hydrogens (primary N) is 1. The Balaban J connectivity index is 2.38. The van der Waals surface area contributed by atoms with Gasteiger partial charge in [0.05, 0.1) is 5.60 Å². The summed E-state index contributed by atoms with van der Waals surface area (Å²) in [5.41, 5.74) is 8.56. The first-order valence-electron chi connectivity index (χ1n) is 6.88. The van der Waals surface area contributed by atoms with Crippen LogP contribution in [0.3, 0.4) is 0 Å². The van der Waals surface area contributed by atoms with Crippen LogP contribution in [-0.2, 0) is 4.74 Å². The van der Waals surface area contributed by atoms with Gasteiger partial charge in [-0.15, -0.1) is 0 Å². The number of nitrogens with zero attached hydrogens (tertiary/aromatic N) is 2. The van der Waals surface area contributed by atoms with Gasteiger partial charge >= 0.3 is 0 Å². The van der Waals surface area contributed by atoms with Gasteiger partial charge in [-0.25, -0.2) is 0 Å². The molecular weight excluding hydrogens is 254 g/mol. The van der Waals surface area contributed by atoms with Crippen molar-refractivity contribution >= 4 is 11.5 Å². The van der Waals surface area contributed by atoms with Crippen molar-refractivity contribution < 1.29 is 9.94 Å². The van der Waals surface area contributed by atoms with Crippen molar-refractivity contribution in [2.45, 2.75) is 32.3 Å². The summed E-state index contributed by atoms with van der Waals surface area (Å²) in [4.78, 5) is 2.26. The molecule has 110 valence electrons. The van der Waals surface area contributed by atoms with Gasteiger partial charge in [-0.3, -0.25) is 0 Å². The Bertz CT molecular complexity index is 516. The molecule has 1 aliphatic rings. The molecule has 5 heteroatoms. The van der Waals surface area contributed by atoms with E-state index in [1.807, 2.05) is 19.1 Å². The van der Waals surface area contributed by atoms with Crippen LogP contribution in [0.5, 0.6) is 0 Å². The second kappa shape index (κ2) is 5.71. The number of oxime groups is 1. The van der Waals surface area contributed by atoms with Crippen molar-refractivity contribution in [2.24, 2.45) is 10.9 Å². The third-order valence-electron chi connectivity index (χ3n) is 4.03. The van der Waals surface area contributed by atoms with Gasteiger partial charge in [-0.05, 0) is 44.4 Å². The lowest BCUT2D eigenvalue weighted by Crippen LogP contribution is -2.48. The molecule has 1 aromatic carbocycles. The van der Waals surface area contributed by atoms with Crippen LogP contribution in [0.2, 0.25) is 0 Å². The minimum atomic E-state index is -0.148. The van der Waals surface area contributed by atoms with Gasteiger partial charge in [-0.2, -0.15) is 0 Å². The summed E-state index contributed by atoms with van der Waals surface area (Å²) < 4.78 is 5.63. The van der Waals surface area contributed by atoms with Crippen molar-refractivity contribution in [3.8, 4) is 0 Å². The van der Waals surface area contributed by atoms with E-state index in [1.165, 1.54) is 0 Å². The van der Waals surface area contributed by atoms with Crippen LogP contribution >= 0.6 is 0 Å². The molecule has 0 spiro atoms. The first kappa shape index (κ1) is 14.7. The van der Waals surface area contributed by atoms with E-state index in [-0.39, 0.29) is 11.4 Å². The first-order chi connectivity index (χ1) is 9.49.